The van der Waals surface area contributed by atoms with Crippen LogP contribution < -0.4 is 4.90 Å². The summed E-state index contributed by atoms with van der Waals surface area (Å²) >= 11 is 0. The van der Waals surface area contributed by atoms with Gasteiger partial charge in [0.05, 0.1) is 25.5 Å². The highest BCUT2D eigenvalue weighted by molar-refractivity contribution is 6.02. The summed E-state index contributed by atoms with van der Waals surface area (Å²) in [6.45, 7) is 2.83. The molecule has 1 aliphatic rings. The minimum Gasteiger partial charge on any atom is -0.392 e. The highest BCUT2D eigenvalue weighted by atomic mass is 19.1. The minimum absolute atomic E-state index is 0.121. The Balaban J connectivity index is 1.90. The van der Waals surface area contributed by atoms with Gasteiger partial charge in [-0.3, -0.25) is 0 Å². The van der Waals surface area contributed by atoms with Gasteiger partial charge in [0.25, 0.3) is 0 Å². The molecule has 0 saturated carbocycles. The SMILES string of the molecule is OCc1ccc(F)c(-c2c[nH]c3nccc(N4CCOCC4)c23)c1. The van der Waals surface area contributed by atoms with Crippen LogP contribution in [0, 0.1) is 5.82 Å². The second-order valence-corrected chi connectivity index (χ2v) is 5.83. The van der Waals surface area contributed by atoms with Crippen molar-refractivity contribution in [1.29, 1.82) is 0 Å². The molecule has 3 aromatic rings. The first-order chi connectivity index (χ1) is 11.8. The average Bonchev–Trinajstić information content (AvgIpc) is 3.07. The Morgan fingerprint density at radius 1 is 1.21 bits per heavy atom. The van der Waals surface area contributed by atoms with E-state index in [9.17, 15) is 9.50 Å². The van der Waals surface area contributed by atoms with Crippen molar-refractivity contribution in [1.82, 2.24) is 9.97 Å². The van der Waals surface area contributed by atoms with Crippen LogP contribution in [-0.4, -0.2) is 41.4 Å². The molecule has 1 aromatic carbocycles. The molecule has 0 bridgehead atoms. The van der Waals surface area contributed by atoms with Crippen molar-refractivity contribution < 1.29 is 14.2 Å². The lowest BCUT2D eigenvalue weighted by Gasteiger charge is -2.29. The molecule has 5 nitrogen and oxygen atoms in total. The molecule has 2 aromatic heterocycles. The number of aromatic amines is 1. The summed E-state index contributed by atoms with van der Waals surface area (Å²) in [5, 5.41) is 10.3. The van der Waals surface area contributed by atoms with E-state index in [-0.39, 0.29) is 12.4 Å². The first-order valence-electron chi connectivity index (χ1n) is 7.96. The molecule has 1 aliphatic heterocycles. The van der Waals surface area contributed by atoms with Crippen LogP contribution in [0.15, 0.2) is 36.7 Å². The second kappa shape index (κ2) is 6.22. The van der Waals surface area contributed by atoms with E-state index in [0.29, 0.717) is 24.3 Å². The predicted octanol–water partition coefficient (Wildman–Crippen LogP) is 2.70. The number of pyridine rings is 1. The fraction of sp³-hybridized carbons (Fsp3) is 0.278. The highest BCUT2D eigenvalue weighted by Gasteiger charge is 2.19. The number of morpholine rings is 1. The number of hydrogen-bond donors (Lipinski definition) is 2. The summed E-state index contributed by atoms with van der Waals surface area (Å²) < 4.78 is 19.8. The maximum atomic E-state index is 14.4. The van der Waals surface area contributed by atoms with E-state index in [2.05, 4.69) is 14.9 Å². The van der Waals surface area contributed by atoms with Crippen molar-refractivity contribution in [2.45, 2.75) is 6.61 Å². The zero-order chi connectivity index (χ0) is 16.5. The van der Waals surface area contributed by atoms with Crippen LogP contribution in [0.25, 0.3) is 22.2 Å². The lowest BCUT2D eigenvalue weighted by molar-refractivity contribution is 0.123. The van der Waals surface area contributed by atoms with Crippen molar-refractivity contribution in [2.75, 3.05) is 31.2 Å². The Bertz CT molecular complexity index is 872. The van der Waals surface area contributed by atoms with Crippen LogP contribution >= 0.6 is 0 Å². The Labute approximate surface area is 138 Å². The van der Waals surface area contributed by atoms with E-state index >= 15 is 0 Å². The third kappa shape index (κ3) is 2.53. The first kappa shape index (κ1) is 15.1. The zero-order valence-corrected chi connectivity index (χ0v) is 13.1. The Kier molecular flexibility index (Phi) is 3.92. The number of rotatable bonds is 3. The Morgan fingerprint density at radius 3 is 2.83 bits per heavy atom. The van der Waals surface area contributed by atoms with Crippen molar-refractivity contribution in [3.05, 3.63) is 48.0 Å². The molecule has 0 spiro atoms. The lowest BCUT2D eigenvalue weighted by Crippen LogP contribution is -2.36. The van der Waals surface area contributed by atoms with Gasteiger partial charge in [0.2, 0.25) is 0 Å². The van der Waals surface area contributed by atoms with Gasteiger partial charge in [-0.25, -0.2) is 9.37 Å². The Hall–Kier alpha value is -2.44. The smallest absolute Gasteiger partial charge is 0.139 e. The van der Waals surface area contributed by atoms with E-state index in [0.717, 1.165) is 35.4 Å². The molecule has 0 amide bonds. The third-order valence-corrected chi connectivity index (χ3v) is 4.41. The minimum atomic E-state index is -0.315. The number of aliphatic hydroxyl groups excluding tert-OH is 1. The van der Waals surface area contributed by atoms with Gasteiger partial charge in [0.1, 0.15) is 11.5 Å². The molecule has 24 heavy (non-hydrogen) atoms. The number of halogens is 1. The first-order valence-corrected chi connectivity index (χ1v) is 7.96. The zero-order valence-electron chi connectivity index (χ0n) is 13.1. The predicted molar refractivity (Wildman–Crippen MR) is 90.4 cm³/mol. The van der Waals surface area contributed by atoms with Gasteiger partial charge < -0.3 is 19.7 Å². The topological polar surface area (TPSA) is 61.4 Å². The van der Waals surface area contributed by atoms with Gasteiger partial charge in [-0.15, -0.1) is 0 Å². The molecule has 4 rings (SSSR count). The van der Waals surface area contributed by atoms with Crippen LogP contribution in [0.4, 0.5) is 10.1 Å². The van der Waals surface area contributed by atoms with Gasteiger partial charge in [-0.05, 0) is 23.8 Å². The summed E-state index contributed by atoms with van der Waals surface area (Å²) in [6.07, 6.45) is 3.54. The molecule has 124 valence electrons. The van der Waals surface area contributed by atoms with E-state index < -0.39 is 0 Å². The molecule has 1 fully saturated rings. The van der Waals surface area contributed by atoms with E-state index in [1.54, 1.807) is 24.5 Å². The Morgan fingerprint density at radius 2 is 2.04 bits per heavy atom. The van der Waals surface area contributed by atoms with E-state index in [1.165, 1.54) is 6.07 Å². The molecule has 3 heterocycles. The molecule has 2 N–H and O–H groups in total. The van der Waals surface area contributed by atoms with Crippen molar-refractivity contribution in [3.63, 3.8) is 0 Å². The van der Waals surface area contributed by atoms with E-state index in [4.69, 9.17) is 4.74 Å². The molecule has 0 aliphatic carbocycles. The van der Waals surface area contributed by atoms with Gasteiger partial charge in [-0.1, -0.05) is 6.07 Å². The number of aliphatic hydroxyl groups is 1. The highest BCUT2D eigenvalue weighted by Crippen LogP contribution is 2.36. The van der Waals surface area contributed by atoms with Gasteiger partial charge in [0, 0.05) is 42.0 Å². The van der Waals surface area contributed by atoms with Gasteiger partial charge >= 0.3 is 0 Å². The third-order valence-electron chi connectivity index (χ3n) is 4.41. The quantitative estimate of drug-likeness (QED) is 0.776. The van der Waals surface area contributed by atoms with Crippen LogP contribution in [-0.2, 0) is 11.3 Å². The molecule has 0 unspecified atom stereocenters. The molecule has 1 saturated heterocycles. The number of hydrogen-bond acceptors (Lipinski definition) is 4. The molecular formula is C18H18FN3O2. The van der Waals surface area contributed by atoms with E-state index in [1.807, 2.05) is 6.07 Å². The summed E-state index contributed by atoms with van der Waals surface area (Å²) in [4.78, 5) is 9.74. The maximum Gasteiger partial charge on any atom is 0.139 e. The number of nitrogens with zero attached hydrogens (tertiary/aromatic N) is 2. The standard InChI is InChI=1S/C18H18FN3O2/c19-15-2-1-12(11-23)9-13(15)14-10-21-18-17(14)16(3-4-20-18)22-5-7-24-8-6-22/h1-4,9-10,23H,5-8,11H2,(H,20,21). The summed E-state index contributed by atoms with van der Waals surface area (Å²) in [5.74, 6) is -0.315. The van der Waals surface area contributed by atoms with Crippen LogP contribution in [0.2, 0.25) is 0 Å². The number of nitrogens with one attached hydrogen (secondary N) is 1. The van der Waals surface area contributed by atoms with Crippen LogP contribution in [0.1, 0.15) is 5.56 Å². The summed E-state index contributed by atoms with van der Waals surface area (Å²) in [5.41, 5.74) is 3.65. The van der Waals surface area contributed by atoms with Crippen molar-refractivity contribution in [2.24, 2.45) is 0 Å². The largest absolute Gasteiger partial charge is 0.392 e. The number of benzene rings is 1. The number of H-pyrrole nitrogens is 1. The number of fused-ring (bicyclic) bond motifs is 1. The number of anilines is 1. The molecular weight excluding hydrogens is 309 g/mol. The van der Waals surface area contributed by atoms with Crippen LogP contribution in [0.5, 0.6) is 0 Å². The number of ether oxygens (including phenoxy) is 1. The van der Waals surface area contributed by atoms with Crippen LogP contribution in [0.3, 0.4) is 0 Å². The van der Waals surface area contributed by atoms with Crippen molar-refractivity contribution >= 4 is 16.7 Å². The number of aromatic nitrogens is 2. The van der Waals surface area contributed by atoms with Gasteiger partial charge in [0.15, 0.2) is 0 Å². The fourth-order valence-corrected chi connectivity index (χ4v) is 3.20. The maximum absolute atomic E-state index is 14.4. The van der Waals surface area contributed by atoms with Crippen molar-refractivity contribution in [3.8, 4) is 11.1 Å². The molecule has 0 atom stereocenters. The average molecular weight is 327 g/mol. The summed E-state index contributed by atoms with van der Waals surface area (Å²) in [6, 6.07) is 6.63. The fourth-order valence-electron chi connectivity index (χ4n) is 3.20. The monoisotopic (exact) mass is 327 g/mol. The summed E-state index contributed by atoms with van der Waals surface area (Å²) in [7, 11) is 0. The second-order valence-electron chi connectivity index (χ2n) is 5.83. The molecule has 6 heteroatoms. The molecule has 0 radical (unpaired) electrons. The van der Waals surface area contributed by atoms with Gasteiger partial charge in [-0.2, -0.15) is 0 Å². The lowest BCUT2D eigenvalue weighted by atomic mass is 10.0. The normalized spacial score (nSPS) is 15.2.